The highest BCUT2D eigenvalue weighted by atomic mass is 16.6. The summed E-state index contributed by atoms with van der Waals surface area (Å²) in [5.41, 5.74) is 34.2. The van der Waals surface area contributed by atoms with Gasteiger partial charge in [-0.3, -0.25) is 53.8 Å². The van der Waals surface area contributed by atoms with Crippen LogP contribution in [-0.2, 0) is 110 Å². The molecule has 6 saturated carbocycles. The third-order valence-electron chi connectivity index (χ3n) is 37.7. The Balaban J connectivity index is 0.000000105. The fraction of sp³-hybridized carbons (Fsp3) is 0.607. The molecule has 137 heavy (non-hydrogen) atoms. The number of nitrogens with two attached hydrogens (primary N) is 2. The number of carbonyl (C=O) groups is 8. The van der Waals surface area contributed by atoms with E-state index in [-0.39, 0.29) is 157 Å². The number of carboxylic acid groups (broad SMARTS) is 1. The highest BCUT2D eigenvalue weighted by Gasteiger charge is 2.71. The third-order valence-corrected chi connectivity index (χ3v) is 37.7. The molecule has 0 radical (unpaired) electrons. The van der Waals surface area contributed by atoms with Gasteiger partial charge in [0.05, 0.1) is 39.2 Å². The highest BCUT2D eigenvalue weighted by Crippen LogP contribution is 2.67. The predicted molar refractivity (Wildman–Crippen MR) is 521 cm³/mol. The standard InChI is InChI=1S/C22H30N2O3.C19H24N2O3.C18H22N2O3.C18H24N2O.C18H21NO3.C17H22N2O/c1-13-6-7-16-15(10-13)8-9-24-18(25)11-17-19(14(2)12-22(16,17)24)23-20(26)27-21(3,4)5;1-12-5-6-16-14(8-12)4-3-7-20-18(22)9-17-15(11-21(23)24)13(2)10-19(16,17)20;1-11-3-4-15-13(7-11)5-6-19-17(21)8-16-14(10-20(22)23)12(2)9-18(15,16)19;1-11-3-4-15-13(7-11)5-6-20-17(21)8-16-14(10-19)12(2)9-18(15,16)20;1-10-3-4-13-12(7-10)5-6-19-15(20)8-14-16(17(21)22)11(2)9-18(13,14)19;1-10-3-4-13-12(7-10)5-6-19-15(20)8-14-16(18)11(2)9-17(13,14)19/h6-7,10,14,17,19H,8-9,11-12H2,1-5H3,(H,23,26);5-6,8,13,15,17H,3-4,7,9-11H2,1-2H3;3-4,7,12,14,16H,5-6,8-10H2,1-2H3;3-4,7,12,14,16H,5-6,8-10,19H2,1-2H3;3-4,7,11,14,16H,5-6,8-9H2,1-2H3,(H,21,22);3-4,7,11,14,16H,5-6,8-9,18H2,1-2H3/t14-,17-,19+,22-;13-,15+,17-,19?;2*12-,14+,16-,18-;11-,14-,16+,18-;11-,14-,16+,17-/m000000/s1. The van der Waals surface area contributed by atoms with Gasteiger partial charge >= 0.3 is 12.1 Å². The number of carboxylic acids is 1. The van der Waals surface area contributed by atoms with Crippen LogP contribution in [-0.4, -0.2) is 168 Å². The third kappa shape index (κ3) is 15.2. The van der Waals surface area contributed by atoms with Crippen LogP contribution in [0.1, 0.15) is 246 Å². The van der Waals surface area contributed by atoms with Crippen molar-refractivity contribution in [3.63, 3.8) is 0 Å². The highest BCUT2D eigenvalue weighted by molar-refractivity contribution is 5.87. The first-order valence-electron chi connectivity index (χ1n) is 51.4. The van der Waals surface area contributed by atoms with E-state index in [4.69, 9.17) is 16.2 Å². The minimum atomic E-state index is -0.747. The van der Waals surface area contributed by atoms with Crippen LogP contribution in [0.4, 0.5) is 4.79 Å². The molecule has 6 aliphatic carbocycles. The van der Waals surface area contributed by atoms with Crippen LogP contribution in [0.5, 0.6) is 0 Å². The van der Waals surface area contributed by atoms with Crippen molar-refractivity contribution in [2.45, 2.75) is 277 Å². The van der Waals surface area contributed by atoms with Gasteiger partial charge in [-0.2, -0.15) is 0 Å². The first-order chi connectivity index (χ1) is 65.0. The number of amides is 7. The quantitative estimate of drug-likeness (QED) is 0.0852. The summed E-state index contributed by atoms with van der Waals surface area (Å²) in [6.07, 6.45) is 14.9. The molecule has 24 atom stereocenters. The summed E-state index contributed by atoms with van der Waals surface area (Å²) < 4.78 is 5.49. The average Bonchev–Trinajstić information content (AvgIpc) is 1.62. The smallest absolute Gasteiger partial charge is 0.407 e. The number of hydrogen-bond donors (Lipinski definition) is 4. The van der Waals surface area contributed by atoms with Gasteiger partial charge in [-0.15, -0.1) is 0 Å². The molecular weight excluding hydrogens is 1720 g/mol. The number of hydrogen-bond acceptors (Lipinski definition) is 15. The Morgan fingerprint density at radius 1 is 0.394 bits per heavy atom. The van der Waals surface area contributed by atoms with E-state index in [0.717, 1.165) is 123 Å². The van der Waals surface area contributed by atoms with E-state index >= 15 is 0 Å². The maximum absolute atomic E-state index is 12.8. The summed E-state index contributed by atoms with van der Waals surface area (Å²) >= 11 is 0. The maximum atomic E-state index is 12.8. The molecule has 12 aliphatic heterocycles. The van der Waals surface area contributed by atoms with Crippen LogP contribution in [0.25, 0.3) is 0 Å². The molecule has 6 aromatic rings. The molecule has 1 unspecified atom stereocenters. The minimum Gasteiger partial charge on any atom is -0.481 e. The van der Waals surface area contributed by atoms with Crippen molar-refractivity contribution in [1.82, 2.24) is 34.7 Å². The molecule has 7 amide bonds. The zero-order chi connectivity index (χ0) is 97.5. The molecule has 6 aromatic carbocycles. The van der Waals surface area contributed by atoms with Crippen LogP contribution in [0.2, 0.25) is 0 Å². The summed E-state index contributed by atoms with van der Waals surface area (Å²) in [5, 5.41) is 35.1. The van der Waals surface area contributed by atoms with Crippen molar-refractivity contribution in [3.8, 4) is 0 Å². The van der Waals surface area contributed by atoms with Gasteiger partial charge in [0, 0.05) is 141 Å². The molecule has 18 aliphatic rings. The van der Waals surface area contributed by atoms with Gasteiger partial charge in [0.15, 0.2) is 0 Å². The number of aryl methyl sites for hydroxylation is 7. The molecule has 12 heterocycles. The van der Waals surface area contributed by atoms with Gasteiger partial charge in [-0.25, -0.2) is 4.79 Å². The number of rotatable bonds is 7. The molecule has 12 fully saturated rings. The van der Waals surface area contributed by atoms with Crippen LogP contribution < -0.4 is 16.8 Å². The number of nitrogens with one attached hydrogen (secondary N) is 1. The lowest BCUT2D eigenvalue weighted by Gasteiger charge is -2.45. The fourth-order valence-corrected chi connectivity index (χ4v) is 32.7. The van der Waals surface area contributed by atoms with Crippen molar-refractivity contribution in [2.75, 3.05) is 58.9 Å². The number of benzene rings is 6. The summed E-state index contributed by atoms with van der Waals surface area (Å²) in [6.45, 7) is 36.8. The number of aliphatic carboxylic acids is 1. The van der Waals surface area contributed by atoms with Gasteiger partial charge in [0.2, 0.25) is 48.5 Å². The molecular formula is C112H143N11O14. The van der Waals surface area contributed by atoms with Crippen LogP contribution >= 0.6 is 0 Å². The van der Waals surface area contributed by atoms with Gasteiger partial charge < -0.3 is 56.0 Å². The van der Waals surface area contributed by atoms with E-state index in [2.05, 4.69) is 210 Å². The summed E-state index contributed by atoms with van der Waals surface area (Å²) in [6, 6.07) is 39.8. The molecule has 730 valence electrons. The zero-order valence-electron chi connectivity index (χ0n) is 83.1. The zero-order valence-corrected chi connectivity index (χ0v) is 83.1. The monoisotopic (exact) mass is 1870 g/mol. The number of ether oxygens (including phenoxy) is 1. The first-order valence-corrected chi connectivity index (χ1v) is 51.4. The Bertz CT molecular complexity index is 5930. The van der Waals surface area contributed by atoms with Crippen LogP contribution in [0.3, 0.4) is 0 Å². The number of fused-ring (bicyclic) bond motifs is 6. The largest absolute Gasteiger partial charge is 0.481 e. The number of nitro groups is 2. The summed E-state index contributed by atoms with van der Waals surface area (Å²) in [7, 11) is 0. The van der Waals surface area contributed by atoms with E-state index in [1.165, 1.54) is 100 Å². The van der Waals surface area contributed by atoms with Crippen molar-refractivity contribution in [3.05, 3.63) is 230 Å². The van der Waals surface area contributed by atoms with Crippen LogP contribution in [0, 0.1) is 156 Å². The lowest BCUT2D eigenvalue weighted by atomic mass is 9.74. The topological polar surface area (TPSA) is 336 Å². The fourth-order valence-electron chi connectivity index (χ4n) is 32.7. The second-order valence-corrected chi connectivity index (χ2v) is 46.5. The van der Waals surface area contributed by atoms with Crippen LogP contribution in [0.15, 0.2) is 109 Å². The van der Waals surface area contributed by atoms with Crippen molar-refractivity contribution >= 4 is 47.5 Å². The van der Waals surface area contributed by atoms with Gasteiger partial charge in [-0.1, -0.05) is 184 Å². The van der Waals surface area contributed by atoms with Crippen molar-refractivity contribution in [2.24, 2.45) is 106 Å². The number of carbonyl (C=O) groups excluding carboxylic acids is 7. The van der Waals surface area contributed by atoms with E-state index < -0.39 is 17.5 Å². The predicted octanol–water partition coefficient (Wildman–Crippen LogP) is 15.5. The molecule has 25 heteroatoms. The molecule has 6 N–H and O–H groups in total. The summed E-state index contributed by atoms with van der Waals surface area (Å²) in [4.78, 5) is 134. The van der Waals surface area contributed by atoms with E-state index in [0.29, 0.717) is 86.5 Å². The Labute approximate surface area is 807 Å². The molecule has 24 rings (SSSR count). The second kappa shape index (κ2) is 35.1. The van der Waals surface area contributed by atoms with E-state index in [1.807, 2.05) is 37.5 Å². The number of alkyl carbamates (subject to hydrolysis) is 1. The van der Waals surface area contributed by atoms with E-state index in [1.54, 1.807) is 0 Å². The first kappa shape index (κ1) is 95.5. The Hall–Kier alpha value is -10.4. The van der Waals surface area contributed by atoms with Gasteiger partial charge in [0.1, 0.15) is 5.60 Å². The van der Waals surface area contributed by atoms with Gasteiger partial charge in [-0.05, 0) is 266 Å². The Kier molecular flexibility index (Phi) is 24.5. The SMILES string of the molecule is Cc1ccc2c(c1)CCCN1C(=O)C[C@H]3[C@H](C[N+](=O)[O-])[C@@H](C)CC231.Cc1ccc2c(c1)CCN1C(=O)C[C@H]3[C@H](C(=O)O)[C@@H](C)C[C@]231.Cc1ccc2c(c1)CCN1C(=O)C[C@H]3[C@H](CN)[C@@H](C)C[C@]231.Cc1ccc2c(c1)CCN1C(=O)C[C@H]3[C@H](C[N+](=O)[O-])[C@@H](C)C[C@]231.Cc1ccc2c(c1)CCN1C(=O)C[C@H]3[C@H](N)[C@@H](C)C[C@]231.Cc1ccc2c(c1)CCN1C(=O)C[C@H]3[C@H](NC(=O)OC(C)(C)C)[C@@H](C)C[C@]231. The lowest BCUT2D eigenvalue weighted by molar-refractivity contribution is -0.491. The van der Waals surface area contributed by atoms with Crippen molar-refractivity contribution in [1.29, 1.82) is 0 Å². The number of nitrogens with zero attached hydrogens (tertiary/aromatic N) is 8. The molecule has 0 aromatic heterocycles. The van der Waals surface area contributed by atoms with Gasteiger partial charge in [0.25, 0.3) is 0 Å². The molecule has 25 nitrogen and oxygen atoms in total. The molecule has 6 saturated heterocycles. The average molecular weight is 1870 g/mol. The Morgan fingerprint density at radius 2 is 0.664 bits per heavy atom. The lowest BCUT2D eigenvalue weighted by Crippen LogP contribution is -2.51. The normalized spacial score (nSPS) is 35.4. The van der Waals surface area contributed by atoms with E-state index in [9.17, 15) is 63.7 Å². The van der Waals surface area contributed by atoms with Crippen molar-refractivity contribution < 1.29 is 58.0 Å². The second-order valence-electron chi connectivity index (χ2n) is 46.5. The maximum Gasteiger partial charge on any atom is 0.407 e. The molecule has 0 bridgehead atoms. The minimum absolute atomic E-state index is 0.00815. The Morgan fingerprint density at radius 3 is 1.00 bits per heavy atom. The molecule has 6 spiro atoms. The summed E-state index contributed by atoms with van der Waals surface area (Å²) in [5.74, 6) is 3.55.